The number of carboxylic acids is 1. The van der Waals surface area contributed by atoms with E-state index in [1.54, 1.807) is 0 Å². The Hall–Kier alpha value is -1.84. The van der Waals surface area contributed by atoms with Crippen LogP contribution in [-0.4, -0.2) is 23.0 Å². The molecule has 0 saturated heterocycles. The summed E-state index contributed by atoms with van der Waals surface area (Å²) in [5.74, 6) is -1.18. The Morgan fingerprint density at radius 3 is 2.57 bits per heavy atom. The first kappa shape index (κ1) is 15.5. The predicted molar refractivity (Wildman–Crippen MR) is 81.3 cm³/mol. The first-order chi connectivity index (χ1) is 10.1. The molecule has 0 spiro atoms. The lowest BCUT2D eigenvalue weighted by molar-refractivity contribution is -0.143. The van der Waals surface area contributed by atoms with Gasteiger partial charge in [0.1, 0.15) is 0 Å². The maximum atomic E-state index is 12.2. The van der Waals surface area contributed by atoms with Crippen LogP contribution >= 0.6 is 0 Å². The van der Waals surface area contributed by atoms with Crippen molar-refractivity contribution in [2.75, 3.05) is 0 Å². The van der Waals surface area contributed by atoms with Crippen molar-refractivity contribution >= 4 is 11.9 Å². The van der Waals surface area contributed by atoms with E-state index >= 15 is 0 Å². The van der Waals surface area contributed by atoms with Crippen LogP contribution in [0.5, 0.6) is 0 Å². The molecule has 2 unspecified atom stereocenters. The molecule has 2 atom stereocenters. The largest absolute Gasteiger partial charge is 0.481 e. The van der Waals surface area contributed by atoms with Gasteiger partial charge >= 0.3 is 5.97 Å². The zero-order valence-electron chi connectivity index (χ0n) is 12.5. The van der Waals surface area contributed by atoms with Crippen LogP contribution in [0.15, 0.2) is 24.3 Å². The Bertz CT molecular complexity index is 495. The summed E-state index contributed by atoms with van der Waals surface area (Å²) in [6.45, 7) is 2.13. The van der Waals surface area contributed by atoms with E-state index in [9.17, 15) is 9.59 Å². The second-order valence-electron chi connectivity index (χ2n) is 5.82. The normalized spacial score (nSPS) is 21.8. The van der Waals surface area contributed by atoms with Crippen molar-refractivity contribution in [2.24, 2.45) is 5.92 Å². The van der Waals surface area contributed by atoms with E-state index in [0.29, 0.717) is 18.4 Å². The molecule has 1 fully saturated rings. The van der Waals surface area contributed by atoms with Crippen molar-refractivity contribution in [2.45, 2.75) is 51.5 Å². The first-order valence-electron chi connectivity index (χ1n) is 7.72. The van der Waals surface area contributed by atoms with Gasteiger partial charge in [-0.05, 0) is 43.4 Å². The molecule has 1 aromatic rings. The van der Waals surface area contributed by atoms with Gasteiger partial charge in [0, 0.05) is 11.6 Å². The van der Waals surface area contributed by atoms with Crippen LogP contribution in [0.3, 0.4) is 0 Å². The minimum absolute atomic E-state index is 0.0253. The summed E-state index contributed by atoms with van der Waals surface area (Å²) in [6.07, 6.45) is 5.08. The van der Waals surface area contributed by atoms with E-state index < -0.39 is 5.97 Å². The zero-order chi connectivity index (χ0) is 15.2. The van der Waals surface area contributed by atoms with Crippen LogP contribution in [0, 0.1) is 5.92 Å². The van der Waals surface area contributed by atoms with Gasteiger partial charge in [0.2, 0.25) is 0 Å². The lowest BCUT2D eigenvalue weighted by atomic mass is 9.85. The Morgan fingerprint density at radius 1 is 1.24 bits per heavy atom. The van der Waals surface area contributed by atoms with Gasteiger partial charge in [-0.2, -0.15) is 0 Å². The highest BCUT2D eigenvalue weighted by molar-refractivity contribution is 5.94. The third-order valence-electron chi connectivity index (χ3n) is 4.11. The van der Waals surface area contributed by atoms with Gasteiger partial charge in [-0.3, -0.25) is 9.59 Å². The second kappa shape index (κ2) is 7.25. The van der Waals surface area contributed by atoms with Gasteiger partial charge in [0.05, 0.1) is 5.92 Å². The maximum absolute atomic E-state index is 12.2. The number of amides is 1. The smallest absolute Gasteiger partial charge is 0.306 e. The van der Waals surface area contributed by atoms with Gasteiger partial charge in [-0.15, -0.1) is 0 Å². The molecule has 1 aliphatic carbocycles. The number of aryl methyl sites for hydroxylation is 1. The molecule has 114 valence electrons. The third-order valence-corrected chi connectivity index (χ3v) is 4.11. The Labute approximate surface area is 125 Å². The number of carbonyl (C=O) groups excluding carboxylic acids is 1. The van der Waals surface area contributed by atoms with Crippen LogP contribution in [0.1, 0.15) is 54.9 Å². The van der Waals surface area contributed by atoms with E-state index in [1.165, 1.54) is 5.56 Å². The fourth-order valence-electron chi connectivity index (χ4n) is 2.93. The molecule has 2 rings (SSSR count). The van der Waals surface area contributed by atoms with Crippen molar-refractivity contribution in [3.05, 3.63) is 35.4 Å². The minimum Gasteiger partial charge on any atom is -0.481 e. The summed E-state index contributed by atoms with van der Waals surface area (Å²) in [7, 11) is 0. The van der Waals surface area contributed by atoms with Crippen LogP contribution < -0.4 is 5.32 Å². The number of carbonyl (C=O) groups is 2. The average Bonchev–Trinajstić information content (AvgIpc) is 2.48. The lowest BCUT2D eigenvalue weighted by Crippen LogP contribution is -2.39. The summed E-state index contributed by atoms with van der Waals surface area (Å²) in [4.78, 5) is 23.2. The topological polar surface area (TPSA) is 66.4 Å². The zero-order valence-corrected chi connectivity index (χ0v) is 12.5. The van der Waals surface area contributed by atoms with Gasteiger partial charge < -0.3 is 10.4 Å². The third kappa shape index (κ3) is 4.31. The number of hydrogen-bond acceptors (Lipinski definition) is 2. The Kier molecular flexibility index (Phi) is 5.37. The molecule has 1 amide bonds. The van der Waals surface area contributed by atoms with E-state index in [-0.39, 0.29) is 17.9 Å². The molecule has 1 saturated carbocycles. The predicted octanol–water partition coefficient (Wildman–Crippen LogP) is 3.01. The molecule has 1 aliphatic rings. The van der Waals surface area contributed by atoms with Crippen molar-refractivity contribution in [1.29, 1.82) is 0 Å². The van der Waals surface area contributed by atoms with Gasteiger partial charge in [-0.25, -0.2) is 0 Å². The molecule has 0 bridgehead atoms. The van der Waals surface area contributed by atoms with Gasteiger partial charge in [0.15, 0.2) is 0 Å². The SMILES string of the molecule is CCCc1ccc(C(=O)NC2CCCC(C(=O)O)C2)cc1. The van der Waals surface area contributed by atoms with Crippen LogP contribution in [0.2, 0.25) is 0 Å². The fourth-order valence-corrected chi connectivity index (χ4v) is 2.93. The quantitative estimate of drug-likeness (QED) is 0.875. The number of nitrogens with one attached hydrogen (secondary N) is 1. The Morgan fingerprint density at radius 2 is 1.95 bits per heavy atom. The highest BCUT2D eigenvalue weighted by Gasteiger charge is 2.27. The average molecular weight is 289 g/mol. The number of benzene rings is 1. The highest BCUT2D eigenvalue weighted by Crippen LogP contribution is 2.24. The van der Waals surface area contributed by atoms with Gasteiger partial charge in [-0.1, -0.05) is 31.9 Å². The summed E-state index contributed by atoms with van der Waals surface area (Å²) < 4.78 is 0. The van der Waals surface area contributed by atoms with E-state index in [0.717, 1.165) is 25.7 Å². The summed E-state index contributed by atoms with van der Waals surface area (Å²) in [5, 5.41) is 12.0. The monoisotopic (exact) mass is 289 g/mol. The summed E-state index contributed by atoms with van der Waals surface area (Å²) >= 11 is 0. The highest BCUT2D eigenvalue weighted by atomic mass is 16.4. The number of hydrogen-bond donors (Lipinski definition) is 2. The maximum Gasteiger partial charge on any atom is 0.306 e. The first-order valence-corrected chi connectivity index (χ1v) is 7.72. The molecule has 4 heteroatoms. The molecule has 2 N–H and O–H groups in total. The molecular formula is C17H23NO3. The molecule has 0 heterocycles. The number of rotatable bonds is 5. The fraction of sp³-hybridized carbons (Fsp3) is 0.529. The van der Waals surface area contributed by atoms with Crippen LogP contribution in [0.4, 0.5) is 0 Å². The molecule has 1 aromatic carbocycles. The molecule has 0 radical (unpaired) electrons. The Balaban J connectivity index is 1.92. The number of aliphatic carboxylic acids is 1. The standard InChI is InChI=1S/C17H23NO3/c1-2-4-12-7-9-13(10-8-12)16(19)18-15-6-3-5-14(11-15)17(20)21/h7-10,14-15H,2-6,11H2,1H3,(H,18,19)(H,20,21). The lowest BCUT2D eigenvalue weighted by Gasteiger charge is -2.27. The van der Waals surface area contributed by atoms with Crippen molar-refractivity contribution in [3.8, 4) is 0 Å². The van der Waals surface area contributed by atoms with E-state index in [4.69, 9.17) is 5.11 Å². The number of carboxylic acid groups (broad SMARTS) is 1. The van der Waals surface area contributed by atoms with E-state index in [1.807, 2.05) is 24.3 Å². The molecular weight excluding hydrogens is 266 g/mol. The minimum atomic E-state index is -0.752. The van der Waals surface area contributed by atoms with Gasteiger partial charge in [0.25, 0.3) is 5.91 Å². The van der Waals surface area contributed by atoms with Crippen LogP contribution in [-0.2, 0) is 11.2 Å². The van der Waals surface area contributed by atoms with E-state index in [2.05, 4.69) is 12.2 Å². The van der Waals surface area contributed by atoms with Crippen LogP contribution in [0.25, 0.3) is 0 Å². The summed E-state index contributed by atoms with van der Waals surface area (Å²) in [5.41, 5.74) is 1.88. The molecule has 21 heavy (non-hydrogen) atoms. The van der Waals surface area contributed by atoms with Crippen molar-refractivity contribution in [3.63, 3.8) is 0 Å². The summed E-state index contributed by atoms with van der Waals surface area (Å²) in [6, 6.07) is 7.64. The van der Waals surface area contributed by atoms with Crippen molar-refractivity contribution in [1.82, 2.24) is 5.32 Å². The van der Waals surface area contributed by atoms with Crippen molar-refractivity contribution < 1.29 is 14.7 Å². The molecule has 0 aliphatic heterocycles. The molecule has 0 aromatic heterocycles. The second-order valence-corrected chi connectivity index (χ2v) is 5.82. The molecule has 4 nitrogen and oxygen atoms in total.